The number of rotatable bonds is 8. The normalized spacial score (nSPS) is 11.4. The molecular weight excluding hydrogens is 412 g/mol. The molecule has 2 aromatic heterocycles. The van der Waals surface area contributed by atoms with Gasteiger partial charge in [0.15, 0.2) is 0 Å². The van der Waals surface area contributed by atoms with Crippen LogP contribution in [0.2, 0.25) is 0 Å². The van der Waals surface area contributed by atoms with Crippen LogP contribution in [0.15, 0.2) is 110 Å². The predicted molar refractivity (Wildman–Crippen MR) is 126 cm³/mol. The molecule has 33 heavy (non-hydrogen) atoms. The molecule has 4 aromatic rings. The third kappa shape index (κ3) is 5.68. The number of aromatic nitrogens is 2. The van der Waals surface area contributed by atoms with E-state index in [-0.39, 0.29) is 24.1 Å². The maximum absolute atomic E-state index is 13.6. The highest BCUT2D eigenvalue weighted by Gasteiger charge is 2.32. The highest BCUT2D eigenvalue weighted by atomic mass is 16.2. The molecule has 0 bridgehead atoms. The van der Waals surface area contributed by atoms with Crippen LogP contribution in [0.5, 0.6) is 0 Å². The summed E-state index contributed by atoms with van der Waals surface area (Å²) in [5, 5.41) is 2.99. The van der Waals surface area contributed by atoms with Crippen LogP contribution in [0, 0.1) is 0 Å². The first-order valence-corrected chi connectivity index (χ1v) is 10.7. The molecule has 0 aliphatic heterocycles. The highest BCUT2D eigenvalue weighted by Crippen LogP contribution is 2.25. The molecule has 0 aliphatic carbocycles. The van der Waals surface area contributed by atoms with Gasteiger partial charge in [-0.1, -0.05) is 72.8 Å². The van der Waals surface area contributed by atoms with E-state index in [4.69, 9.17) is 0 Å². The van der Waals surface area contributed by atoms with E-state index in [0.29, 0.717) is 12.1 Å². The minimum atomic E-state index is -0.878. The van der Waals surface area contributed by atoms with Crippen LogP contribution in [0.4, 0.5) is 0 Å². The zero-order chi connectivity index (χ0) is 22.9. The van der Waals surface area contributed by atoms with Crippen LogP contribution in [-0.4, -0.2) is 26.7 Å². The molecule has 0 aliphatic rings. The number of hydrogen-bond acceptors (Lipinski definition) is 4. The Morgan fingerprint density at radius 2 is 1.48 bits per heavy atom. The molecule has 6 heteroatoms. The average molecular weight is 437 g/mol. The minimum Gasteiger partial charge on any atom is -0.350 e. The maximum atomic E-state index is 13.6. The Labute approximate surface area is 192 Å². The van der Waals surface area contributed by atoms with Crippen LogP contribution >= 0.6 is 0 Å². The van der Waals surface area contributed by atoms with Crippen molar-refractivity contribution in [1.29, 1.82) is 0 Å². The van der Waals surface area contributed by atoms with Gasteiger partial charge < -0.3 is 10.2 Å². The second kappa shape index (κ2) is 10.8. The molecule has 2 amide bonds. The lowest BCUT2D eigenvalue weighted by Crippen LogP contribution is -2.43. The summed E-state index contributed by atoms with van der Waals surface area (Å²) >= 11 is 0. The van der Waals surface area contributed by atoms with E-state index in [1.807, 2.05) is 66.7 Å². The molecule has 6 nitrogen and oxygen atoms in total. The lowest BCUT2D eigenvalue weighted by molar-refractivity contribution is -0.126. The Hall–Kier alpha value is -4.32. The molecule has 4 rings (SSSR count). The molecule has 0 spiro atoms. The predicted octanol–water partition coefficient (Wildman–Crippen LogP) is 4.18. The number of carbonyl (C=O) groups excluding carboxylic acids is 2. The van der Waals surface area contributed by atoms with Gasteiger partial charge in [0.05, 0.1) is 0 Å². The van der Waals surface area contributed by atoms with Crippen LogP contribution in [0.1, 0.15) is 33.2 Å². The molecule has 2 heterocycles. The van der Waals surface area contributed by atoms with E-state index < -0.39 is 6.04 Å². The first-order chi connectivity index (χ1) is 16.2. The molecule has 164 valence electrons. The summed E-state index contributed by atoms with van der Waals surface area (Å²) in [5.74, 6) is -0.616. The van der Waals surface area contributed by atoms with Crippen LogP contribution in [0.3, 0.4) is 0 Å². The van der Waals surface area contributed by atoms with Crippen LogP contribution in [-0.2, 0) is 17.9 Å². The average Bonchev–Trinajstić information content (AvgIpc) is 2.89. The summed E-state index contributed by atoms with van der Waals surface area (Å²) < 4.78 is 0. The van der Waals surface area contributed by atoms with Gasteiger partial charge in [-0.2, -0.15) is 0 Å². The van der Waals surface area contributed by atoms with Gasteiger partial charge in [0.25, 0.3) is 5.91 Å². The van der Waals surface area contributed by atoms with Crippen molar-refractivity contribution in [3.8, 4) is 0 Å². The summed E-state index contributed by atoms with van der Waals surface area (Å²) in [7, 11) is 0. The Bertz CT molecular complexity index is 1170. The molecule has 0 saturated heterocycles. The molecule has 1 N–H and O–H groups in total. The Balaban J connectivity index is 1.70. The first-order valence-electron chi connectivity index (χ1n) is 10.7. The van der Waals surface area contributed by atoms with Gasteiger partial charge in [0.1, 0.15) is 11.7 Å². The van der Waals surface area contributed by atoms with Gasteiger partial charge in [0.2, 0.25) is 5.91 Å². The van der Waals surface area contributed by atoms with Gasteiger partial charge in [-0.25, -0.2) is 0 Å². The second-order valence-electron chi connectivity index (χ2n) is 7.53. The molecule has 2 aromatic carbocycles. The van der Waals surface area contributed by atoms with Crippen molar-refractivity contribution in [3.63, 3.8) is 0 Å². The van der Waals surface area contributed by atoms with Crippen molar-refractivity contribution in [2.24, 2.45) is 0 Å². The largest absolute Gasteiger partial charge is 0.350 e. The van der Waals surface area contributed by atoms with Gasteiger partial charge in [-0.3, -0.25) is 19.6 Å². The van der Waals surface area contributed by atoms with Crippen molar-refractivity contribution in [2.45, 2.75) is 19.1 Å². The third-order valence-corrected chi connectivity index (χ3v) is 5.21. The van der Waals surface area contributed by atoms with Gasteiger partial charge in [0, 0.05) is 37.2 Å². The Kier molecular flexibility index (Phi) is 7.18. The molecule has 0 unspecified atom stereocenters. The molecule has 1 atom stereocenters. The van der Waals surface area contributed by atoms with Gasteiger partial charge in [-0.05, 0) is 29.3 Å². The Morgan fingerprint density at radius 3 is 2.12 bits per heavy atom. The first kappa shape index (κ1) is 21.9. The molecule has 0 saturated carbocycles. The summed E-state index contributed by atoms with van der Waals surface area (Å²) in [5.41, 5.74) is 2.79. The number of carbonyl (C=O) groups is 2. The van der Waals surface area contributed by atoms with E-state index in [1.165, 1.54) is 0 Å². The summed E-state index contributed by atoms with van der Waals surface area (Å²) in [6, 6.07) is 27.1. The summed E-state index contributed by atoms with van der Waals surface area (Å²) in [6.45, 7) is 0.599. The number of hydrogen-bond donors (Lipinski definition) is 1. The highest BCUT2D eigenvalue weighted by molar-refractivity contribution is 5.96. The van der Waals surface area contributed by atoms with Crippen molar-refractivity contribution >= 4 is 11.8 Å². The van der Waals surface area contributed by atoms with Crippen molar-refractivity contribution in [2.75, 3.05) is 0 Å². The van der Waals surface area contributed by atoms with E-state index in [0.717, 1.165) is 11.1 Å². The number of benzene rings is 2. The van der Waals surface area contributed by atoms with E-state index in [1.54, 1.807) is 47.8 Å². The lowest BCUT2D eigenvalue weighted by Gasteiger charge is -2.31. The van der Waals surface area contributed by atoms with Gasteiger partial charge in [-0.15, -0.1) is 0 Å². The Morgan fingerprint density at radius 1 is 0.788 bits per heavy atom. The maximum Gasteiger partial charge on any atom is 0.273 e. The van der Waals surface area contributed by atoms with Gasteiger partial charge >= 0.3 is 0 Å². The summed E-state index contributed by atoms with van der Waals surface area (Å²) in [4.78, 5) is 37.1. The number of nitrogens with zero attached hydrogens (tertiary/aromatic N) is 3. The zero-order valence-corrected chi connectivity index (χ0v) is 18.0. The third-order valence-electron chi connectivity index (χ3n) is 5.21. The molecule has 0 radical (unpaired) electrons. The fourth-order valence-electron chi connectivity index (χ4n) is 3.59. The zero-order valence-electron chi connectivity index (χ0n) is 18.0. The fourth-order valence-corrected chi connectivity index (χ4v) is 3.59. The monoisotopic (exact) mass is 436 g/mol. The van der Waals surface area contributed by atoms with Crippen molar-refractivity contribution < 1.29 is 9.59 Å². The number of amides is 2. The lowest BCUT2D eigenvalue weighted by atomic mass is 10.0. The van der Waals surface area contributed by atoms with Crippen LogP contribution in [0.25, 0.3) is 0 Å². The standard InChI is InChI=1S/C27H24N4O2/c32-26(30-18-21-10-3-1-4-11-21)25(23-14-9-16-28-19-23)31(20-22-12-5-2-6-13-22)27(33)24-15-7-8-17-29-24/h1-17,19,25H,18,20H2,(H,30,32)/t25-/m0/s1. The number of pyridine rings is 2. The fraction of sp³-hybridized carbons (Fsp3) is 0.111. The molecule has 0 fully saturated rings. The van der Waals surface area contributed by atoms with E-state index in [2.05, 4.69) is 15.3 Å². The SMILES string of the molecule is O=C(NCc1ccccc1)[C@H](c1cccnc1)N(Cc1ccccc1)C(=O)c1ccccn1. The topological polar surface area (TPSA) is 75.2 Å². The van der Waals surface area contributed by atoms with Crippen molar-refractivity contribution in [1.82, 2.24) is 20.2 Å². The van der Waals surface area contributed by atoms with E-state index >= 15 is 0 Å². The second-order valence-corrected chi connectivity index (χ2v) is 7.53. The molecular formula is C27H24N4O2. The smallest absolute Gasteiger partial charge is 0.273 e. The van der Waals surface area contributed by atoms with Crippen molar-refractivity contribution in [3.05, 3.63) is 132 Å². The quantitative estimate of drug-likeness (QED) is 0.450. The number of nitrogens with one attached hydrogen (secondary N) is 1. The summed E-state index contributed by atoms with van der Waals surface area (Å²) in [6.07, 6.45) is 4.84. The van der Waals surface area contributed by atoms with Crippen LogP contribution < -0.4 is 5.32 Å². The van der Waals surface area contributed by atoms with E-state index in [9.17, 15) is 9.59 Å². The minimum absolute atomic E-state index is 0.245.